The maximum atomic E-state index is 12.0. The van der Waals surface area contributed by atoms with Crippen molar-refractivity contribution in [1.29, 1.82) is 0 Å². The lowest BCUT2D eigenvalue weighted by atomic mass is 10.2. The molecule has 0 spiro atoms. The summed E-state index contributed by atoms with van der Waals surface area (Å²) in [4.78, 5) is 25.5. The Morgan fingerprint density at radius 2 is 1.87 bits per heavy atom. The molecule has 0 saturated heterocycles. The molecule has 2 aromatic rings. The minimum absolute atomic E-state index is 0.107. The molecule has 0 fully saturated rings. The highest BCUT2D eigenvalue weighted by Gasteiger charge is 2.17. The van der Waals surface area contributed by atoms with Crippen LogP contribution in [0.25, 0.3) is 0 Å². The number of nitrogens with two attached hydrogens (primary N) is 1. The van der Waals surface area contributed by atoms with Gasteiger partial charge < -0.3 is 0 Å². The Labute approximate surface area is 141 Å². The summed E-state index contributed by atoms with van der Waals surface area (Å²) in [5, 5.41) is 6.33. The number of hydrogen-bond donors (Lipinski definition) is 3. The Kier molecular flexibility index (Phi) is 5.19. The first-order valence-corrected chi connectivity index (χ1v) is 9.78. The summed E-state index contributed by atoms with van der Waals surface area (Å²) < 4.78 is 22.2. The second kappa shape index (κ2) is 6.79. The molecule has 10 heteroatoms. The average molecular weight is 373 g/mol. The summed E-state index contributed by atoms with van der Waals surface area (Å²) in [6, 6.07) is 2.92. The first-order chi connectivity index (χ1) is 10.7. The highest BCUT2D eigenvalue weighted by Crippen LogP contribution is 2.22. The Bertz CT molecular complexity index is 852. The number of aryl methyl sites for hydroxylation is 2. The molecular weight excluding hydrogens is 358 g/mol. The van der Waals surface area contributed by atoms with Gasteiger partial charge in [-0.1, -0.05) is 6.92 Å². The predicted octanol–water partition coefficient (Wildman–Crippen LogP) is 1.40. The van der Waals surface area contributed by atoms with Crippen LogP contribution in [0, 0.1) is 6.92 Å². The van der Waals surface area contributed by atoms with Crippen molar-refractivity contribution in [2.75, 3.05) is 0 Å². The van der Waals surface area contributed by atoms with Crippen LogP contribution in [0.1, 0.15) is 37.4 Å². The van der Waals surface area contributed by atoms with Gasteiger partial charge in [0.05, 0.1) is 10.4 Å². The van der Waals surface area contributed by atoms with Crippen LogP contribution in [-0.4, -0.2) is 20.2 Å². The van der Waals surface area contributed by atoms with E-state index >= 15 is 0 Å². The lowest BCUT2D eigenvalue weighted by Crippen LogP contribution is -2.41. The van der Waals surface area contributed by atoms with Crippen molar-refractivity contribution in [2.45, 2.75) is 24.5 Å². The molecule has 2 rings (SSSR count). The van der Waals surface area contributed by atoms with Crippen LogP contribution < -0.4 is 16.0 Å². The molecule has 2 amide bonds. The van der Waals surface area contributed by atoms with Crippen molar-refractivity contribution >= 4 is 44.5 Å². The monoisotopic (exact) mass is 373 g/mol. The number of hydrazine groups is 1. The summed E-state index contributed by atoms with van der Waals surface area (Å²) in [5.74, 6) is -1.04. The minimum Gasteiger partial charge on any atom is -0.267 e. The zero-order valence-corrected chi connectivity index (χ0v) is 14.8. The van der Waals surface area contributed by atoms with Crippen LogP contribution in [0.4, 0.5) is 0 Å². The van der Waals surface area contributed by atoms with E-state index in [4.69, 9.17) is 5.14 Å². The third kappa shape index (κ3) is 4.16. The van der Waals surface area contributed by atoms with Gasteiger partial charge in [0, 0.05) is 10.3 Å². The molecule has 2 aromatic heterocycles. The van der Waals surface area contributed by atoms with E-state index in [-0.39, 0.29) is 9.77 Å². The van der Waals surface area contributed by atoms with Crippen LogP contribution in [0.15, 0.2) is 21.7 Å². The van der Waals surface area contributed by atoms with Gasteiger partial charge in [0.15, 0.2) is 0 Å². The first-order valence-electron chi connectivity index (χ1n) is 6.53. The van der Waals surface area contributed by atoms with Gasteiger partial charge in [-0.3, -0.25) is 20.4 Å². The second-order valence-electron chi connectivity index (χ2n) is 4.68. The van der Waals surface area contributed by atoms with Crippen molar-refractivity contribution in [3.8, 4) is 0 Å². The zero-order valence-electron chi connectivity index (χ0n) is 12.4. The molecule has 23 heavy (non-hydrogen) atoms. The van der Waals surface area contributed by atoms with E-state index in [1.165, 1.54) is 16.7 Å². The molecule has 0 unspecified atom stereocenters. The van der Waals surface area contributed by atoms with Crippen LogP contribution in [0.5, 0.6) is 0 Å². The third-order valence-electron chi connectivity index (χ3n) is 2.97. The molecule has 0 radical (unpaired) electrons. The molecule has 0 atom stereocenters. The fourth-order valence-electron chi connectivity index (χ4n) is 1.81. The molecule has 4 N–H and O–H groups in total. The number of nitrogens with one attached hydrogen (secondary N) is 2. The maximum absolute atomic E-state index is 12.0. The molecule has 0 bridgehead atoms. The van der Waals surface area contributed by atoms with Crippen molar-refractivity contribution < 1.29 is 18.0 Å². The summed E-state index contributed by atoms with van der Waals surface area (Å²) in [7, 11) is -3.84. The third-order valence-corrected chi connectivity index (χ3v) is 6.74. The van der Waals surface area contributed by atoms with E-state index in [9.17, 15) is 18.0 Å². The molecule has 0 aliphatic heterocycles. The number of hydrogen-bond acceptors (Lipinski definition) is 6. The smallest absolute Gasteiger partial charge is 0.267 e. The van der Waals surface area contributed by atoms with E-state index in [1.807, 2.05) is 13.8 Å². The summed E-state index contributed by atoms with van der Waals surface area (Å²) >= 11 is 2.20. The van der Waals surface area contributed by atoms with Crippen LogP contribution >= 0.6 is 22.7 Å². The molecule has 7 nitrogen and oxygen atoms in total. The topological polar surface area (TPSA) is 118 Å². The van der Waals surface area contributed by atoms with Crippen molar-refractivity contribution in [3.05, 3.63) is 38.4 Å². The number of sulfonamides is 1. The number of rotatable bonds is 4. The number of carbonyl (C=O) groups excluding carboxylic acids is 2. The highest BCUT2D eigenvalue weighted by atomic mass is 32.2. The minimum atomic E-state index is -3.84. The van der Waals surface area contributed by atoms with Gasteiger partial charge in [-0.15, -0.1) is 22.7 Å². The Morgan fingerprint density at radius 3 is 2.39 bits per heavy atom. The predicted molar refractivity (Wildman–Crippen MR) is 89.1 cm³/mol. The number of thiophene rings is 2. The fourth-order valence-corrected chi connectivity index (χ4v) is 4.41. The SMILES string of the molecule is CCc1sc(C(=O)NNC(=O)c2csc(S(N)(=O)=O)c2)cc1C. The zero-order chi connectivity index (χ0) is 17.2. The summed E-state index contributed by atoms with van der Waals surface area (Å²) in [5.41, 5.74) is 5.69. The fraction of sp³-hybridized carbons (Fsp3) is 0.231. The van der Waals surface area contributed by atoms with Crippen molar-refractivity contribution in [3.63, 3.8) is 0 Å². The molecule has 0 aliphatic carbocycles. The second-order valence-corrected chi connectivity index (χ2v) is 8.51. The van der Waals surface area contributed by atoms with Gasteiger partial charge in [-0.25, -0.2) is 13.6 Å². The van der Waals surface area contributed by atoms with E-state index < -0.39 is 21.8 Å². The number of primary sulfonamides is 1. The van der Waals surface area contributed by atoms with Gasteiger partial charge >= 0.3 is 0 Å². The molecule has 2 heterocycles. The molecule has 124 valence electrons. The Morgan fingerprint density at radius 1 is 1.22 bits per heavy atom. The van der Waals surface area contributed by atoms with Gasteiger partial charge in [-0.05, 0) is 31.0 Å². The van der Waals surface area contributed by atoms with Gasteiger partial charge in [-0.2, -0.15) is 0 Å². The normalized spacial score (nSPS) is 11.3. The molecule has 0 aromatic carbocycles. The lowest BCUT2D eigenvalue weighted by Gasteiger charge is -2.04. The van der Waals surface area contributed by atoms with Crippen LogP contribution in [0.3, 0.4) is 0 Å². The summed E-state index contributed by atoms with van der Waals surface area (Å²) in [6.45, 7) is 3.92. The quantitative estimate of drug-likeness (QED) is 0.702. The Hall–Kier alpha value is -1.75. The van der Waals surface area contributed by atoms with Crippen LogP contribution in [0.2, 0.25) is 0 Å². The van der Waals surface area contributed by atoms with E-state index in [2.05, 4.69) is 10.9 Å². The maximum Gasteiger partial charge on any atom is 0.279 e. The lowest BCUT2D eigenvalue weighted by molar-refractivity contribution is 0.0849. The van der Waals surface area contributed by atoms with E-state index in [0.29, 0.717) is 4.88 Å². The summed E-state index contributed by atoms with van der Waals surface area (Å²) in [6.07, 6.45) is 0.835. The number of amides is 2. The molecule has 0 aliphatic rings. The van der Waals surface area contributed by atoms with Gasteiger partial charge in [0.2, 0.25) is 10.0 Å². The van der Waals surface area contributed by atoms with E-state index in [1.54, 1.807) is 6.07 Å². The van der Waals surface area contributed by atoms with Crippen molar-refractivity contribution in [2.24, 2.45) is 5.14 Å². The van der Waals surface area contributed by atoms with Gasteiger partial charge in [0.1, 0.15) is 4.21 Å². The Balaban J connectivity index is 2.01. The molecule has 0 saturated carbocycles. The first kappa shape index (κ1) is 17.6. The standard InChI is InChI=1S/C13H15N3O4S3/c1-3-9-7(2)4-10(22-9)13(18)16-15-12(17)8-5-11(21-6-8)23(14,19)20/h4-6H,3H2,1-2H3,(H,15,17)(H,16,18)(H2,14,19,20). The van der Waals surface area contributed by atoms with E-state index in [0.717, 1.165) is 34.3 Å². The largest absolute Gasteiger partial charge is 0.279 e. The van der Waals surface area contributed by atoms with Crippen LogP contribution in [-0.2, 0) is 16.4 Å². The highest BCUT2D eigenvalue weighted by molar-refractivity contribution is 7.91. The van der Waals surface area contributed by atoms with Crippen molar-refractivity contribution in [1.82, 2.24) is 10.9 Å². The average Bonchev–Trinajstić information content (AvgIpc) is 3.10. The molecular formula is C13H15N3O4S3. The number of carbonyl (C=O) groups is 2. The van der Waals surface area contributed by atoms with Gasteiger partial charge in [0.25, 0.3) is 11.8 Å².